The van der Waals surface area contributed by atoms with Gasteiger partial charge in [0, 0.05) is 51.0 Å². The van der Waals surface area contributed by atoms with Crippen LogP contribution in [-0.4, -0.2) is 79.5 Å². The molecule has 1 atom stereocenters. The van der Waals surface area contributed by atoms with Crippen molar-refractivity contribution in [2.24, 2.45) is 0 Å². The molecule has 9 heteroatoms. The summed E-state index contributed by atoms with van der Waals surface area (Å²) in [7, 11) is -2.11. The number of amides is 1. The zero-order valence-corrected chi connectivity index (χ0v) is 18.1. The van der Waals surface area contributed by atoms with E-state index in [1.165, 1.54) is 21.3 Å². The van der Waals surface area contributed by atoms with Crippen molar-refractivity contribution in [2.45, 2.75) is 24.3 Å². The average molecular weight is 433 g/mol. The van der Waals surface area contributed by atoms with Gasteiger partial charge < -0.3 is 5.11 Å². The smallest absolute Gasteiger partial charge is 0.259 e. The fourth-order valence-electron chi connectivity index (χ4n) is 3.60. The number of piperazine rings is 1. The molecule has 1 saturated heterocycles. The van der Waals surface area contributed by atoms with Gasteiger partial charge in [0.15, 0.2) is 0 Å². The Balaban J connectivity index is 1.76. The van der Waals surface area contributed by atoms with E-state index in [2.05, 4.69) is 9.88 Å². The molecule has 1 fully saturated rings. The van der Waals surface area contributed by atoms with Crippen LogP contribution in [0, 0.1) is 0 Å². The Bertz CT molecular complexity index is 956. The number of hydrogen-bond acceptors (Lipinski definition) is 6. The Kier molecular flexibility index (Phi) is 7.19. The Morgan fingerprint density at radius 3 is 2.50 bits per heavy atom. The number of carbonyl (C=O) groups excluding carboxylic acids is 1. The number of pyridine rings is 1. The third-order valence-electron chi connectivity index (χ3n) is 5.49. The minimum atomic E-state index is -3.71. The molecule has 1 amide bonds. The van der Waals surface area contributed by atoms with Crippen LogP contribution in [0.1, 0.15) is 23.7 Å². The molecule has 1 N–H and O–H groups in total. The van der Waals surface area contributed by atoms with Gasteiger partial charge in [-0.15, -0.1) is 0 Å². The Morgan fingerprint density at radius 1 is 1.17 bits per heavy atom. The van der Waals surface area contributed by atoms with Crippen molar-refractivity contribution < 1.29 is 18.3 Å². The molecule has 1 aromatic carbocycles. The van der Waals surface area contributed by atoms with Gasteiger partial charge in [-0.2, -0.15) is 4.31 Å². The number of aliphatic hydroxyl groups excluding tert-OH is 1. The summed E-state index contributed by atoms with van der Waals surface area (Å²) >= 11 is 0. The van der Waals surface area contributed by atoms with Gasteiger partial charge >= 0.3 is 0 Å². The van der Waals surface area contributed by atoms with Crippen molar-refractivity contribution >= 4 is 21.7 Å². The lowest BCUT2D eigenvalue weighted by molar-refractivity contribution is 0.0881. The zero-order valence-electron chi connectivity index (χ0n) is 17.3. The molecule has 30 heavy (non-hydrogen) atoms. The fourth-order valence-corrected chi connectivity index (χ4v) is 5.07. The highest BCUT2D eigenvalue weighted by atomic mass is 32.2. The first-order valence-electron chi connectivity index (χ1n) is 10.0. The van der Waals surface area contributed by atoms with Gasteiger partial charge in [-0.1, -0.05) is 19.1 Å². The van der Waals surface area contributed by atoms with Crippen LogP contribution in [0.3, 0.4) is 0 Å². The normalized spacial score (nSPS) is 16.9. The van der Waals surface area contributed by atoms with Crippen LogP contribution >= 0.6 is 0 Å². The third kappa shape index (κ3) is 4.70. The summed E-state index contributed by atoms with van der Waals surface area (Å²) in [6, 6.07) is 11.4. The van der Waals surface area contributed by atoms with Crippen molar-refractivity contribution in [3.05, 3.63) is 54.2 Å². The molecule has 1 unspecified atom stereocenters. The van der Waals surface area contributed by atoms with Crippen LogP contribution in [0.25, 0.3) is 0 Å². The van der Waals surface area contributed by atoms with Crippen LogP contribution in [0.2, 0.25) is 0 Å². The number of carbonyl (C=O) groups is 1. The number of nitrogens with zero attached hydrogens (tertiary/aromatic N) is 4. The number of aliphatic hydroxyl groups is 1. The molecule has 0 bridgehead atoms. The maximum Gasteiger partial charge on any atom is 0.259 e. The lowest BCUT2D eigenvalue weighted by atomic mass is 10.2. The maximum absolute atomic E-state index is 13.1. The van der Waals surface area contributed by atoms with Gasteiger partial charge in [0.05, 0.1) is 11.5 Å². The van der Waals surface area contributed by atoms with E-state index in [4.69, 9.17) is 0 Å². The summed E-state index contributed by atoms with van der Waals surface area (Å²) in [5.41, 5.74) is 0.286. The second-order valence-corrected chi connectivity index (χ2v) is 9.20. The highest BCUT2D eigenvalue weighted by molar-refractivity contribution is 7.89. The first kappa shape index (κ1) is 22.4. The highest BCUT2D eigenvalue weighted by Crippen LogP contribution is 2.21. The van der Waals surface area contributed by atoms with Gasteiger partial charge in [-0.05, 0) is 36.8 Å². The van der Waals surface area contributed by atoms with Crippen LogP contribution in [0.5, 0.6) is 0 Å². The molecule has 2 heterocycles. The van der Waals surface area contributed by atoms with E-state index < -0.39 is 10.0 Å². The molecule has 162 valence electrons. The lowest BCUT2D eigenvalue weighted by Gasteiger charge is -2.37. The van der Waals surface area contributed by atoms with Crippen molar-refractivity contribution in [3.63, 3.8) is 0 Å². The Labute approximate surface area is 177 Å². The fraction of sp³-hybridized carbons (Fsp3) is 0.429. The van der Waals surface area contributed by atoms with E-state index in [1.54, 1.807) is 43.6 Å². The van der Waals surface area contributed by atoms with E-state index in [1.807, 2.05) is 6.92 Å². The van der Waals surface area contributed by atoms with Gasteiger partial charge in [-0.3, -0.25) is 14.6 Å². The standard InChI is InChI=1S/C21H28N4O4S/c1-3-18(16-26)24-11-13-25(14-12-24)30(28,29)19-8-6-7-17(15-19)21(27)23(2)20-9-4-5-10-22-20/h4-10,15,18,26H,3,11-14,16H2,1-2H3. The molecular weight excluding hydrogens is 404 g/mol. The molecule has 8 nitrogen and oxygen atoms in total. The summed E-state index contributed by atoms with van der Waals surface area (Å²) in [6.07, 6.45) is 2.41. The van der Waals surface area contributed by atoms with Crippen molar-refractivity contribution in [3.8, 4) is 0 Å². The second kappa shape index (κ2) is 9.65. The molecule has 1 aliphatic heterocycles. The number of anilines is 1. The predicted octanol–water partition coefficient (Wildman–Crippen LogP) is 1.44. The quantitative estimate of drug-likeness (QED) is 0.712. The first-order chi connectivity index (χ1) is 14.4. The number of rotatable bonds is 7. The van der Waals surface area contributed by atoms with E-state index in [0.29, 0.717) is 32.0 Å². The van der Waals surface area contributed by atoms with Crippen molar-refractivity contribution in [1.29, 1.82) is 0 Å². The predicted molar refractivity (Wildman–Crippen MR) is 115 cm³/mol. The first-order valence-corrected chi connectivity index (χ1v) is 11.5. The monoisotopic (exact) mass is 432 g/mol. The minimum Gasteiger partial charge on any atom is -0.395 e. The molecule has 0 aliphatic carbocycles. The second-order valence-electron chi connectivity index (χ2n) is 7.26. The molecule has 0 spiro atoms. The summed E-state index contributed by atoms with van der Waals surface area (Å²) in [4.78, 5) is 20.6. The average Bonchev–Trinajstić information content (AvgIpc) is 2.80. The summed E-state index contributed by atoms with van der Waals surface area (Å²) in [6.45, 7) is 3.92. The van der Waals surface area contributed by atoms with Crippen molar-refractivity contribution in [1.82, 2.24) is 14.2 Å². The maximum atomic E-state index is 13.1. The molecule has 0 radical (unpaired) electrons. The van der Waals surface area contributed by atoms with Crippen LogP contribution < -0.4 is 4.90 Å². The molecule has 3 rings (SSSR count). The zero-order chi connectivity index (χ0) is 21.7. The SMILES string of the molecule is CCC(CO)N1CCN(S(=O)(=O)c2cccc(C(=O)N(C)c3ccccn3)c2)CC1. The number of benzene rings is 1. The summed E-state index contributed by atoms with van der Waals surface area (Å²) < 4.78 is 27.7. The van der Waals surface area contributed by atoms with E-state index in [0.717, 1.165) is 6.42 Å². The summed E-state index contributed by atoms with van der Waals surface area (Å²) in [5.74, 6) is 0.158. The van der Waals surface area contributed by atoms with Crippen molar-refractivity contribution in [2.75, 3.05) is 44.7 Å². The van der Waals surface area contributed by atoms with E-state index in [-0.39, 0.29) is 29.0 Å². The van der Waals surface area contributed by atoms with E-state index >= 15 is 0 Å². The van der Waals surface area contributed by atoms with Crippen LogP contribution in [0.15, 0.2) is 53.6 Å². The molecule has 1 aromatic heterocycles. The number of sulfonamides is 1. The lowest BCUT2D eigenvalue weighted by Crippen LogP contribution is -2.52. The van der Waals surface area contributed by atoms with Gasteiger partial charge in [-0.25, -0.2) is 13.4 Å². The van der Waals surface area contributed by atoms with Crippen LogP contribution in [-0.2, 0) is 10.0 Å². The van der Waals surface area contributed by atoms with Gasteiger partial charge in [0.1, 0.15) is 5.82 Å². The van der Waals surface area contributed by atoms with Gasteiger partial charge in [0.25, 0.3) is 5.91 Å². The Hall–Kier alpha value is -2.33. The topological polar surface area (TPSA) is 94.0 Å². The highest BCUT2D eigenvalue weighted by Gasteiger charge is 2.31. The molecule has 2 aromatic rings. The van der Waals surface area contributed by atoms with Crippen LogP contribution in [0.4, 0.5) is 5.82 Å². The third-order valence-corrected chi connectivity index (χ3v) is 7.38. The van der Waals surface area contributed by atoms with E-state index in [9.17, 15) is 18.3 Å². The number of aromatic nitrogens is 1. The largest absolute Gasteiger partial charge is 0.395 e. The van der Waals surface area contributed by atoms with Gasteiger partial charge in [0.2, 0.25) is 10.0 Å². The number of hydrogen-bond donors (Lipinski definition) is 1. The Morgan fingerprint density at radius 2 is 1.90 bits per heavy atom. The molecule has 0 saturated carbocycles. The molecule has 1 aliphatic rings. The summed E-state index contributed by atoms with van der Waals surface area (Å²) in [5, 5.41) is 9.48. The minimum absolute atomic E-state index is 0.0536. The molecular formula is C21H28N4O4S.